The third-order valence-electron chi connectivity index (χ3n) is 5.75. The van der Waals surface area contributed by atoms with Crippen molar-refractivity contribution in [2.24, 2.45) is 7.05 Å². The maximum atomic E-state index is 4.81. The molecule has 5 rings (SSSR count). The summed E-state index contributed by atoms with van der Waals surface area (Å²) in [5.74, 6) is 0.500. The zero-order chi connectivity index (χ0) is 20.1. The molecule has 0 spiro atoms. The number of fused-ring (bicyclic) bond motifs is 3. The molecule has 0 aliphatic rings. The van der Waals surface area contributed by atoms with Crippen molar-refractivity contribution in [3.63, 3.8) is 0 Å². The van der Waals surface area contributed by atoms with Gasteiger partial charge in [-0.2, -0.15) is 10.1 Å². The number of para-hydroxylation sites is 1. The fourth-order valence-corrected chi connectivity index (χ4v) is 4.01. The molecule has 0 saturated carbocycles. The molecule has 2 aromatic carbocycles. The molecule has 0 aliphatic carbocycles. The van der Waals surface area contributed by atoms with Gasteiger partial charge in [0.15, 0.2) is 5.65 Å². The molecular weight excluding hydrogens is 360 g/mol. The van der Waals surface area contributed by atoms with Gasteiger partial charge in [0, 0.05) is 30.1 Å². The zero-order valence-electron chi connectivity index (χ0n) is 17.0. The monoisotopic (exact) mass is 382 g/mol. The van der Waals surface area contributed by atoms with E-state index >= 15 is 0 Å². The fraction of sp³-hybridized carbons (Fsp3) is 0.217. The van der Waals surface area contributed by atoms with E-state index in [9.17, 15) is 0 Å². The van der Waals surface area contributed by atoms with Gasteiger partial charge in [-0.15, -0.1) is 10.2 Å². The molecule has 0 unspecified atom stereocenters. The van der Waals surface area contributed by atoms with Crippen molar-refractivity contribution in [3.05, 3.63) is 76.6 Å². The number of hydrogen-bond donors (Lipinski definition) is 0. The molecule has 0 amide bonds. The summed E-state index contributed by atoms with van der Waals surface area (Å²) >= 11 is 0. The second-order valence-corrected chi connectivity index (χ2v) is 7.52. The zero-order valence-corrected chi connectivity index (χ0v) is 17.0. The third kappa shape index (κ3) is 2.71. The molecule has 0 radical (unpaired) electrons. The first kappa shape index (κ1) is 17.6. The van der Waals surface area contributed by atoms with Crippen LogP contribution in [0.15, 0.2) is 48.5 Å². The fourth-order valence-electron chi connectivity index (χ4n) is 4.01. The summed E-state index contributed by atoms with van der Waals surface area (Å²) in [6.07, 6.45) is 0.841. The van der Waals surface area contributed by atoms with E-state index in [1.165, 1.54) is 16.7 Å². The minimum atomic E-state index is 0.500. The molecule has 0 bridgehead atoms. The molecule has 0 N–H and O–H groups in total. The summed E-state index contributed by atoms with van der Waals surface area (Å²) < 4.78 is 3.87. The molecule has 0 aliphatic heterocycles. The largest absolute Gasteiger partial charge is 0.327 e. The summed E-state index contributed by atoms with van der Waals surface area (Å²) in [5, 5.41) is 14.7. The van der Waals surface area contributed by atoms with Gasteiger partial charge in [-0.1, -0.05) is 42.5 Å². The van der Waals surface area contributed by atoms with Crippen LogP contribution in [0, 0.1) is 20.8 Å². The predicted octanol–water partition coefficient (Wildman–Crippen LogP) is 4.22. The van der Waals surface area contributed by atoms with E-state index < -0.39 is 0 Å². The van der Waals surface area contributed by atoms with Crippen molar-refractivity contribution >= 4 is 22.1 Å². The Bertz CT molecular complexity index is 1380. The standard InChI is InChI=1S/C23H22N6/c1-14-9-5-6-10-17(14)13-19-15(2)27-29(16(19)3)23-24-22-21(25-26-23)18-11-7-8-12-20(18)28(22)4/h5-12H,13H2,1-4H3. The van der Waals surface area contributed by atoms with Gasteiger partial charge in [-0.25, -0.2) is 4.68 Å². The van der Waals surface area contributed by atoms with Gasteiger partial charge < -0.3 is 4.57 Å². The van der Waals surface area contributed by atoms with Gasteiger partial charge in [0.05, 0.1) is 11.2 Å². The van der Waals surface area contributed by atoms with Gasteiger partial charge in [0.25, 0.3) is 5.95 Å². The lowest BCUT2D eigenvalue weighted by Crippen LogP contribution is -2.07. The van der Waals surface area contributed by atoms with E-state index in [0.29, 0.717) is 5.95 Å². The van der Waals surface area contributed by atoms with Gasteiger partial charge in [-0.05, 0) is 38.0 Å². The van der Waals surface area contributed by atoms with E-state index in [1.807, 2.05) is 30.8 Å². The van der Waals surface area contributed by atoms with E-state index in [1.54, 1.807) is 0 Å². The van der Waals surface area contributed by atoms with Crippen molar-refractivity contribution in [2.45, 2.75) is 27.2 Å². The highest BCUT2D eigenvalue weighted by atomic mass is 15.4. The van der Waals surface area contributed by atoms with Crippen molar-refractivity contribution in [1.82, 2.24) is 29.5 Å². The van der Waals surface area contributed by atoms with E-state index in [0.717, 1.165) is 39.9 Å². The lowest BCUT2D eigenvalue weighted by Gasteiger charge is -2.07. The lowest BCUT2D eigenvalue weighted by molar-refractivity contribution is 0.752. The molecule has 0 fully saturated rings. The highest BCUT2D eigenvalue weighted by Crippen LogP contribution is 2.26. The molecule has 6 heteroatoms. The average molecular weight is 382 g/mol. The van der Waals surface area contributed by atoms with Gasteiger partial charge in [-0.3, -0.25) is 0 Å². The molecule has 144 valence electrons. The Kier molecular flexibility index (Phi) is 3.94. The van der Waals surface area contributed by atoms with Crippen LogP contribution in [-0.4, -0.2) is 29.5 Å². The van der Waals surface area contributed by atoms with E-state index in [-0.39, 0.29) is 0 Å². The third-order valence-corrected chi connectivity index (χ3v) is 5.75. The van der Waals surface area contributed by atoms with Crippen LogP contribution in [0.4, 0.5) is 0 Å². The number of hydrogen-bond acceptors (Lipinski definition) is 4. The van der Waals surface area contributed by atoms with Gasteiger partial charge in [0.2, 0.25) is 0 Å². The minimum Gasteiger partial charge on any atom is -0.327 e. The van der Waals surface area contributed by atoms with Gasteiger partial charge >= 0.3 is 0 Å². The Balaban J connectivity index is 1.63. The highest BCUT2D eigenvalue weighted by molar-refractivity contribution is 6.03. The molecule has 29 heavy (non-hydrogen) atoms. The number of benzene rings is 2. The first-order valence-corrected chi connectivity index (χ1v) is 9.72. The molecule has 3 heterocycles. The van der Waals surface area contributed by atoms with Crippen molar-refractivity contribution in [3.8, 4) is 5.95 Å². The highest BCUT2D eigenvalue weighted by Gasteiger charge is 2.18. The molecule has 5 aromatic rings. The summed E-state index contributed by atoms with van der Waals surface area (Å²) in [7, 11) is 2.01. The predicted molar refractivity (Wildman–Crippen MR) is 114 cm³/mol. The van der Waals surface area contributed by atoms with Crippen molar-refractivity contribution in [2.75, 3.05) is 0 Å². The Morgan fingerprint density at radius 3 is 2.48 bits per heavy atom. The van der Waals surface area contributed by atoms with Crippen LogP contribution in [-0.2, 0) is 13.5 Å². The summed E-state index contributed by atoms with van der Waals surface area (Å²) in [6.45, 7) is 6.26. The Hall–Kier alpha value is -3.54. The molecule has 3 aromatic heterocycles. The lowest BCUT2D eigenvalue weighted by atomic mass is 9.99. The first-order valence-electron chi connectivity index (χ1n) is 9.72. The number of rotatable bonds is 3. The maximum absolute atomic E-state index is 4.81. The Morgan fingerprint density at radius 1 is 0.897 bits per heavy atom. The van der Waals surface area contributed by atoms with Crippen molar-refractivity contribution in [1.29, 1.82) is 0 Å². The van der Waals surface area contributed by atoms with Crippen LogP contribution in [0.2, 0.25) is 0 Å². The van der Waals surface area contributed by atoms with Crippen LogP contribution >= 0.6 is 0 Å². The topological polar surface area (TPSA) is 61.4 Å². The van der Waals surface area contributed by atoms with Crippen molar-refractivity contribution < 1.29 is 0 Å². The van der Waals surface area contributed by atoms with Gasteiger partial charge in [0.1, 0.15) is 5.52 Å². The number of nitrogens with zero attached hydrogens (tertiary/aromatic N) is 6. The second-order valence-electron chi connectivity index (χ2n) is 7.52. The summed E-state index contributed by atoms with van der Waals surface area (Å²) in [4.78, 5) is 4.81. The Labute approximate surface area is 168 Å². The maximum Gasteiger partial charge on any atom is 0.272 e. The van der Waals surface area contributed by atoms with E-state index in [2.05, 4.69) is 65.0 Å². The van der Waals surface area contributed by atoms with Crippen LogP contribution in [0.1, 0.15) is 28.1 Å². The van der Waals surface area contributed by atoms with Crippen LogP contribution < -0.4 is 0 Å². The number of aromatic nitrogens is 6. The smallest absolute Gasteiger partial charge is 0.272 e. The average Bonchev–Trinajstić information content (AvgIpc) is 3.18. The summed E-state index contributed by atoms with van der Waals surface area (Å²) in [6, 6.07) is 16.6. The SMILES string of the molecule is Cc1ccccc1Cc1c(C)nn(-c2nnc3c4ccccc4n(C)c3n2)c1C. The molecule has 0 saturated heterocycles. The van der Waals surface area contributed by atoms with Crippen LogP contribution in [0.5, 0.6) is 0 Å². The molecule has 0 atom stereocenters. The first-order chi connectivity index (χ1) is 14.0. The Morgan fingerprint density at radius 2 is 1.66 bits per heavy atom. The quantitative estimate of drug-likeness (QED) is 0.469. The van der Waals surface area contributed by atoms with Crippen LogP contribution in [0.3, 0.4) is 0 Å². The normalized spacial score (nSPS) is 11.6. The molecular formula is C23H22N6. The minimum absolute atomic E-state index is 0.500. The number of aryl methyl sites for hydroxylation is 3. The second kappa shape index (κ2) is 6.51. The van der Waals surface area contributed by atoms with Crippen LogP contribution in [0.25, 0.3) is 28.0 Å². The molecule has 6 nitrogen and oxygen atoms in total. The van der Waals surface area contributed by atoms with E-state index in [4.69, 9.17) is 10.1 Å². The summed E-state index contributed by atoms with van der Waals surface area (Å²) in [5.41, 5.74) is 8.56.